The summed E-state index contributed by atoms with van der Waals surface area (Å²) in [6.07, 6.45) is 1.72. The first-order valence-corrected chi connectivity index (χ1v) is 8.31. The number of benzene rings is 3. The van der Waals surface area contributed by atoms with Crippen LogP contribution in [0.4, 0.5) is 5.69 Å². The average molecular weight is 333 g/mol. The van der Waals surface area contributed by atoms with Gasteiger partial charge >= 0.3 is 0 Å². The Balaban J connectivity index is 1.83. The Morgan fingerprint density at radius 3 is 1.60 bits per heavy atom. The second-order valence-electron chi connectivity index (χ2n) is 6.08. The fraction of sp³-hybridized carbons (Fsp3) is 0.182. The molecule has 3 aromatic carbocycles. The fourth-order valence-electron chi connectivity index (χ4n) is 2.91. The molecule has 0 spiro atoms. The molecule has 0 amide bonds. The summed E-state index contributed by atoms with van der Waals surface area (Å²) in [5.41, 5.74) is 11.8. The van der Waals surface area contributed by atoms with E-state index in [9.17, 15) is 0 Å². The number of nitrogen functional groups attached to an aromatic ring is 1. The van der Waals surface area contributed by atoms with Crippen molar-refractivity contribution in [2.24, 2.45) is 0 Å². The molecule has 0 saturated heterocycles. The highest BCUT2D eigenvalue weighted by Gasteiger charge is 2.07. The molecule has 0 atom stereocenters. The van der Waals surface area contributed by atoms with Gasteiger partial charge in [-0.25, -0.2) is 0 Å². The van der Waals surface area contributed by atoms with Crippen LogP contribution in [-0.4, -0.2) is 14.2 Å². The van der Waals surface area contributed by atoms with E-state index in [-0.39, 0.29) is 0 Å². The van der Waals surface area contributed by atoms with Gasteiger partial charge in [0, 0.05) is 5.69 Å². The van der Waals surface area contributed by atoms with E-state index in [2.05, 4.69) is 36.4 Å². The first kappa shape index (κ1) is 16.9. The molecule has 0 bridgehead atoms. The average Bonchev–Trinajstić information content (AvgIpc) is 2.65. The maximum atomic E-state index is 6.02. The third-order valence-electron chi connectivity index (χ3n) is 4.34. The molecule has 3 heteroatoms. The van der Waals surface area contributed by atoms with Crippen LogP contribution in [0.3, 0.4) is 0 Å². The second kappa shape index (κ2) is 7.75. The first-order valence-electron chi connectivity index (χ1n) is 8.31. The summed E-state index contributed by atoms with van der Waals surface area (Å²) in [5, 5.41) is 0. The Morgan fingerprint density at radius 1 is 0.640 bits per heavy atom. The Morgan fingerprint density at radius 2 is 1.12 bits per heavy atom. The fourth-order valence-corrected chi connectivity index (χ4v) is 2.91. The lowest BCUT2D eigenvalue weighted by Crippen LogP contribution is -1.99. The molecule has 0 unspecified atom stereocenters. The minimum Gasteiger partial charge on any atom is -0.497 e. The summed E-state index contributed by atoms with van der Waals surface area (Å²) in [4.78, 5) is 0. The molecule has 0 radical (unpaired) electrons. The van der Waals surface area contributed by atoms with Gasteiger partial charge < -0.3 is 15.2 Å². The Kier molecular flexibility index (Phi) is 5.24. The van der Waals surface area contributed by atoms with Crippen LogP contribution in [0.1, 0.15) is 22.3 Å². The van der Waals surface area contributed by atoms with Crippen LogP contribution in [0, 0.1) is 0 Å². The second-order valence-corrected chi connectivity index (χ2v) is 6.08. The normalized spacial score (nSPS) is 10.5. The van der Waals surface area contributed by atoms with Crippen LogP contribution >= 0.6 is 0 Å². The molecular weight excluding hydrogens is 310 g/mol. The van der Waals surface area contributed by atoms with E-state index in [0.29, 0.717) is 0 Å². The number of anilines is 1. The van der Waals surface area contributed by atoms with Crippen LogP contribution in [0.15, 0.2) is 66.7 Å². The number of nitrogens with two attached hydrogens (primary N) is 1. The third-order valence-corrected chi connectivity index (χ3v) is 4.34. The minimum atomic E-state index is 0.794. The van der Waals surface area contributed by atoms with E-state index in [1.807, 2.05) is 30.3 Å². The van der Waals surface area contributed by atoms with E-state index < -0.39 is 0 Å². The van der Waals surface area contributed by atoms with Crippen LogP contribution in [0.25, 0.3) is 0 Å². The van der Waals surface area contributed by atoms with E-state index in [0.717, 1.165) is 30.0 Å². The summed E-state index contributed by atoms with van der Waals surface area (Å²) >= 11 is 0. The molecule has 2 N–H and O–H groups in total. The molecule has 0 aliphatic heterocycles. The molecule has 128 valence electrons. The summed E-state index contributed by atoms with van der Waals surface area (Å²) in [7, 11) is 3.36. The Labute approximate surface area is 149 Å². The quantitative estimate of drug-likeness (QED) is 0.677. The van der Waals surface area contributed by atoms with Gasteiger partial charge in [0.05, 0.1) is 14.2 Å². The van der Waals surface area contributed by atoms with Crippen molar-refractivity contribution in [1.29, 1.82) is 0 Å². The summed E-state index contributed by atoms with van der Waals surface area (Å²) in [6.45, 7) is 0. The van der Waals surface area contributed by atoms with E-state index in [1.54, 1.807) is 14.2 Å². The first-order chi connectivity index (χ1) is 12.2. The van der Waals surface area contributed by atoms with Crippen LogP contribution in [0.5, 0.6) is 11.5 Å². The predicted octanol–water partition coefficient (Wildman–Crippen LogP) is 4.47. The zero-order valence-electron chi connectivity index (χ0n) is 14.7. The van der Waals surface area contributed by atoms with Gasteiger partial charge in [-0.15, -0.1) is 0 Å². The minimum absolute atomic E-state index is 0.794. The topological polar surface area (TPSA) is 44.5 Å². The molecule has 0 fully saturated rings. The van der Waals surface area contributed by atoms with Crippen LogP contribution in [0.2, 0.25) is 0 Å². The lowest BCUT2D eigenvalue weighted by Gasteiger charge is -2.12. The summed E-state index contributed by atoms with van der Waals surface area (Å²) in [5.74, 6) is 1.74. The molecular formula is C22H23NO2. The lowest BCUT2D eigenvalue weighted by atomic mass is 9.94. The number of methoxy groups -OCH3 is 2. The monoisotopic (exact) mass is 333 g/mol. The lowest BCUT2D eigenvalue weighted by molar-refractivity contribution is 0.414. The van der Waals surface area contributed by atoms with Gasteiger partial charge in [-0.3, -0.25) is 0 Å². The number of hydrogen-bond acceptors (Lipinski definition) is 3. The summed E-state index contributed by atoms with van der Waals surface area (Å²) < 4.78 is 10.5. The Hall–Kier alpha value is -2.94. The zero-order chi connectivity index (χ0) is 17.6. The molecule has 3 nitrogen and oxygen atoms in total. The van der Waals surface area contributed by atoms with Crippen molar-refractivity contribution in [3.8, 4) is 11.5 Å². The number of hydrogen-bond donors (Lipinski definition) is 1. The molecule has 0 aliphatic carbocycles. The van der Waals surface area contributed by atoms with Crippen molar-refractivity contribution in [2.75, 3.05) is 20.0 Å². The van der Waals surface area contributed by atoms with E-state index >= 15 is 0 Å². The van der Waals surface area contributed by atoms with Crippen molar-refractivity contribution < 1.29 is 9.47 Å². The van der Waals surface area contributed by atoms with Crippen molar-refractivity contribution in [3.05, 3.63) is 89.0 Å². The van der Waals surface area contributed by atoms with Gasteiger partial charge in [0.25, 0.3) is 0 Å². The van der Waals surface area contributed by atoms with E-state index in [1.165, 1.54) is 22.3 Å². The maximum Gasteiger partial charge on any atom is 0.118 e. The smallest absolute Gasteiger partial charge is 0.118 e. The van der Waals surface area contributed by atoms with Gasteiger partial charge in [-0.1, -0.05) is 30.3 Å². The number of ether oxygens (including phenoxy) is 2. The highest BCUT2D eigenvalue weighted by molar-refractivity contribution is 5.48. The van der Waals surface area contributed by atoms with Gasteiger partial charge in [-0.05, 0) is 71.5 Å². The van der Waals surface area contributed by atoms with E-state index in [4.69, 9.17) is 15.2 Å². The largest absolute Gasteiger partial charge is 0.497 e. The zero-order valence-corrected chi connectivity index (χ0v) is 14.7. The third kappa shape index (κ3) is 4.32. The van der Waals surface area contributed by atoms with Crippen LogP contribution < -0.4 is 15.2 Å². The van der Waals surface area contributed by atoms with Gasteiger partial charge in [0.1, 0.15) is 11.5 Å². The van der Waals surface area contributed by atoms with Gasteiger partial charge in [-0.2, -0.15) is 0 Å². The predicted molar refractivity (Wildman–Crippen MR) is 102 cm³/mol. The SMILES string of the molecule is COc1ccc(Cc2ccc(N)cc2Cc2ccc(OC)cc2)cc1. The molecule has 0 aliphatic rings. The van der Waals surface area contributed by atoms with Gasteiger partial charge in [0.2, 0.25) is 0 Å². The molecule has 0 saturated carbocycles. The highest BCUT2D eigenvalue weighted by Crippen LogP contribution is 2.23. The van der Waals surface area contributed by atoms with Crippen molar-refractivity contribution in [2.45, 2.75) is 12.8 Å². The molecule has 25 heavy (non-hydrogen) atoms. The molecule has 3 aromatic rings. The van der Waals surface area contributed by atoms with Gasteiger partial charge in [0.15, 0.2) is 0 Å². The van der Waals surface area contributed by atoms with Crippen molar-refractivity contribution >= 4 is 5.69 Å². The highest BCUT2D eigenvalue weighted by atomic mass is 16.5. The molecule has 0 aromatic heterocycles. The van der Waals surface area contributed by atoms with Crippen molar-refractivity contribution in [3.63, 3.8) is 0 Å². The van der Waals surface area contributed by atoms with Crippen LogP contribution in [-0.2, 0) is 12.8 Å². The molecule has 0 heterocycles. The molecule has 3 rings (SSSR count). The van der Waals surface area contributed by atoms with Crippen molar-refractivity contribution in [1.82, 2.24) is 0 Å². The maximum absolute atomic E-state index is 6.02. The number of rotatable bonds is 6. The standard InChI is InChI=1S/C22H23NO2/c1-24-21-9-3-16(4-10-21)13-18-7-8-20(23)15-19(18)14-17-5-11-22(25-2)12-6-17/h3-12,15H,13-14,23H2,1-2H3. The Bertz CT molecular complexity index is 824. The summed E-state index contributed by atoms with van der Waals surface area (Å²) in [6, 6.07) is 22.5.